The summed E-state index contributed by atoms with van der Waals surface area (Å²) in [6.07, 6.45) is 5.24. The quantitative estimate of drug-likeness (QED) is 0.565. The van der Waals surface area contributed by atoms with Crippen LogP contribution < -0.4 is 0 Å². The summed E-state index contributed by atoms with van der Waals surface area (Å²) in [5.74, 6) is -0.631. The number of hydrogen-bond acceptors (Lipinski definition) is 3. The maximum atomic E-state index is 10.7. The Balaban J connectivity index is 0.000000304. The smallest absolute Gasteiger partial charge is 0.481 e. The van der Waals surface area contributed by atoms with Crippen LogP contribution in [0.2, 0.25) is 0 Å². The number of carboxylic acids is 1. The van der Waals surface area contributed by atoms with Crippen LogP contribution in [0.4, 0.5) is 13.2 Å². The number of alkyl halides is 3. The molecule has 0 aliphatic heterocycles. The van der Waals surface area contributed by atoms with E-state index in [0.717, 1.165) is 25.7 Å². The summed E-state index contributed by atoms with van der Waals surface area (Å²) in [6.45, 7) is 0. The third-order valence-corrected chi connectivity index (χ3v) is 2.83. The van der Waals surface area contributed by atoms with Crippen LogP contribution >= 0.6 is 0 Å². The van der Waals surface area contributed by atoms with Crippen molar-refractivity contribution in [1.29, 1.82) is 0 Å². The lowest BCUT2D eigenvalue weighted by atomic mass is 9.90. The van der Waals surface area contributed by atoms with Crippen LogP contribution in [0.1, 0.15) is 32.1 Å². The van der Waals surface area contributed by atoms with Crippen LogP contribution in [0.5, 0.6) is 0 Å². The van der Waals surface area contributed by atoms with Gasteiger partial charge in [-0.2, -0.15) is 21.6 Å². The van der Waals surface area contributed by atoms with Crippen molar-refractivity contribution in [3.63, 3.8) is 0 Å². The van der Waals surface area contributed by atoms with Gasteiger partial charge in [0, 0.05) is 0 Å². The molecular formula is C8H13F3O5S. The Labute approximate surface area is 96.4 Å². The normalized spacial score (nSPS) is 18.1. The molecule has 1 aliphatic rings. The van der Waals surface area contributed by atoms with Crippen molar-refractivity contribution in [1.82, 2.24) is 0 Å². The lowest BCUT2D eigenvalue weighted by Crippen LogP contribution is -2.21. The molecule has 0 atom stereocenters. The van der Waals surface area contributed by atoms with Crippen LogP contribution in [-0.4, -0.2) is 29.6 Å². The zero-order valence-electron chi connectivity index (χ0n) is 8.77. The average molecular weight is 278 g/mol. The molecular weight excluding hydrogens is 265 g/mol. The SMILES string of the molecule is O=C(O)C1CCCCC1.O=S(=O)(O)C(F)(F)F. The van der Waals surface area contributed by atoms with Crippen molar-refractivity contribution >= 4 is 16.1 Å². The van der Waals surface area contributed by atoms with Crippen molar-refractivity contribution in [2.75, 3.05) is 0 Å². The first-order chi connectivity index (χ1) is 7.55. The summed E-state index contributed by atoms with van der Waals surface area (Å²) >= 11 is 0. The Morgan fingerprint density at radius 2 is 1.47 bits per heavy atom. The monoisotopic (exact) mass is 278 g/mol. The molecule has 5 nitrogen and oxygen atoms in total. The second-order valence-electron chi connectivity index (χ2n) is 3.59. The first-order valence-electron chi connectivity index (χ1n) is 4.82. The molecule has 0 aromatic rings. The van der Waals surface area contributed by atoms with Gasteiger partial charge in [0.15, 0.2) is 0 Å². The Kier molecular flexibility index (Phi) is 5.89. The van der Waals surface area contributed by atoms with E-state index in [0.29, 0.717) is 0 Å². The molecule has 0 spiro atoms. The number of aliphatic carboxylic acids is 1. The Morgan fingerprint density at radius 1 is 1.12 bits per heavy atom. The highest BCUT2D eigenvalue weighted by atomic mass is 32.2. The van der Waals surface area contributed by atoms with Gasteiger partial charge < -0.3 is 5.11 Å². The Morgan fingerprint density at radius 3 is 1.65 bits per heavy atom. The van der Waals surface area contributed by atoms with Gasteiger partial charge >= 0.3 is 21.6 Å². The first kappa shape index (κ1) is 16.2. The van der Waals surface area contributed by atoms with Gasteiger partial charge in [-0.15, -0.1) is 0 Å². The van der Waals surface area contributed by atoms with Crippen molar-refractivity contribution in [3.05, 3.63) is 0 Å². The molecule has 1 saturated carbocycles. The van der Waals surface area contributed by atoms with E-state index in [1.54, 1.807) is 0 Å². The van der Waals surface area contributed by atoms with Crippen molar-refractivity contribution in [2.45, 2.75) is 37.6 Å². The Bertz CT molecular complexity index is 343. The van der Waals surface area contributed by atoms with E-state index in [1.807, 2.05) is 0 Å². The van der Waals surface area contributed by atoms with Gasteiger partial charge in [0.25, 0.3) is 0 Å². The maximum Gasteiger partial charge on any atom is 0.522 e. The van der Waals surface area contributed by atoms with E-state index in [2.05, 4.69) is 0 Å². The predicted molar refractivity (Wildman–Crippen MR) is 51.8 cm³/mol. The van der Waals surface area contributed by atoms with E-state index in [1.165, 1.54) is 6.42 Å². The third kappa shape index (κ3) is 6.47. The van der Waals surface area contributed by atoms with Crippen LogP contribution in [-0.2, 0) is 14.9 Å². The van der Waals surface area contributed by atoms with Gasteiger partial charge in [0.05, 0.1) is 5.92 Å². The van der Waals surface area contributed by atoms with Gasteiger partial charge in [-0.05, 0) is 12.8 Å². The molecule has 0 amide bonds. The van der Waals surface area contributed by atoms with Crippen LogP contribution in [0.15, 0.2) is 0 Å². The highest BCUT2D eigenvalue weighted by Crippen LogP contribution is 2.23. The molecule has 102 valence electrons. The van der Waals surface area contributed by atoms with E-state index >= 15 is 0 Å². The summed E-state index contributed by atoms with van der Waals surface area (Å²) in [7, 11) is -5.84. The second kappa shape index (κ2) is 6.20. The van der Waals surface area contributed by atoms with E-state index in [4.69, 9.17) is 18.1 Å². The second-order valence-corrected chi connectivity index (χ2v) is 5.01. The molecule has 17 heavy (non-hydrogen) atoms. The molecule has 0 aromatic heterocycles. The van der Waals surface area contributed by atoms with Crippen LogP contribution in [0.3, 0.4) is 0 Å². The number of hydrogen-bond donors (Lipinski definition) is 2. The minimum absolute atomic E-state index is 0.0289. The third-order valence-electron chi connectivity index (χ3n) is 2.25. The fourth-order valence-corrected chi connectivity index (χ4v) is 1.35. The number of carbonyl (C=O) groups is 1. The van der Waals surface area contributed by atoms with E-state index < -0.39 is 21.6 Å². The molecule has 1 fully saturated rings. The minimum Gasteiger partial charge on any atom is -0.481 e. The van der Waals surface area contributed by atoms with Crippen molar-refractivity contribution in [2.24, 2.45) is 5.92 Å². The first-order valence-corrected chi connectivity index (χ1v) is 6.26. The summed E-state index contributed by atoms with van der Waals surface area (Å²) in [4.78, 5) is 10.4. The molecule has 0 saturated heterocycles. The highest BCUT2D eigenvalue weighted by molar-refractivity contribution is 7.86. The highest BCUT2D eigenvalue weighted by Gasteiger charge is 2.44. The molecule has 1 aliphatic carbocycles. The fraction of sp³-hybridized carbons (Fsp3) is 0.875. The van der Waals surface area contributed by atoms with Crippen molar-refractivity contribution < 1.29 is 36.0 Å². The van der Waals surface area contributed by atoms with Gasteiger partial charge in [-0.3, -0.25) is 9.35 Å². The molecule has 0 radical (unpaired) electrons. The zero-order valence-corrected chi connectivity index (χ0v) is 9.59. The van der Waals surface area contributed by atoms with Crippen LogP contribution in [0, 0.1) is 5.92 Å². The van der Waals surface area contributed by atoms with Gasteiger partial charge in [0.1, 0.15) is 0 Å². The number of halogens is 3. The molecule has 0 aromatic carbocycles. The molecule has 0 unspecified atom stereocenters. The molecule has 0 bridgehead atoms. The van der Waals surface area contributed by atoms with Crippen molar-refractivity contribution in [3.8, 4) is 0 Å². The summed E-state index contributed by atoms with van der Waals surface area (Å²) in [5.41, 5.74) is -5.53. The molecule has 1 rings (SSSR count). The van der Waals surface area contributed by atoms with Crippen LogP contribution in [0.25, 0.3) is 0 Å². The minimum atomic E-state index is -5.84. The van der Waals surface area contributed by atoms with E-state index in [-0.39, 0.29) is 5.92 Å². The Hall–Kier alpha value is -0.830. The maximum absolute atomic E-state index is 10.7. The number of rotatable bonds is 1. The fourth-order valence-electron chi connectivity index (χ4n) is 1.35. The average Bonchev–Trinajstić information content (AvgIpc) is 2.17. The lowest BCUT2D eigenvalue weighted by Gasteiger charge is -2.16. The summed E-state index contributed by atoms with van der Waals surface area (Å²) in [6, 6.07) is 0. The van der Waals surface area contributed by atoms with Gasteiger partial charge in [-0.1, -0.05) is 19.3 Å². The van der Waals surface area contributed by atoms with Gasteiger partial charge in [-0.25, -0.2) is 0 Å². The van der Waals surface area contributed by atoms with Gasteiger partial charge in [0.2, 0.25) is 0 Å². The largest absolute Gasteiger partial charge is 0.522 e. The zero-order chi connectivity index (χ0) is 13.7. The topological polar surface area (TPSA) is 91.7 Å². The summed E-state index contributed by atoms with van der Waals surface area (Å²) in [5, 5.41) is 8.54. The molecule has 2 N–H and O–H groups in total. The predicted octanol–water partition coefficient (Wildman–Crippen LogP) is 2.05. The molecule has 9 heteroatoms. The standard InChI is InChI=1S/C7H12O2.CHF3O3S/c8-7(9)6-4-2-1-3-5-6;2-1(3,4)8(5,6)7/h6H,1-5H2,(H,8,9);(H,5,6,7). The number of carboxylic acid groups (broad SMARTS) is 1. The lowest BCUT2D eigenvalue weighted by molar-refractivity contribution is -0.142. The molecule has 0 heterocycles. The van der Waals surface area contributed by atoms with E-state index in [9.17, 15) is 18.0 Å². The summed E-state index contributed by atoms with van der Waals surface area (Å²) < 4.78 is 57.5.